The van der Waals surface area contributed by atoms with E-state index < -0.39 is 120 Å². The number of aliphatic carboxylic acids is 1. The smallest absolute Gasteiger partial charge is 0.326 e. The highest BCUT2D eigenvalue weighted by molar-refractivity contribution is 5.96. The summed E-state index contributed by atoms with van der Waals surface area (Å²) in [6.45, 7) is 15.9. The Morgan fingerprint density at radius 1 is 0.517 bits per heavy atom. The Morgan fingerprint density at radius 2 is 0.933 bits per heavy atom. The zero-order valence-electron chi connectivity index (χ0n) is 36.5. The quantitative estimate of drug-likeness (QED) is 0.0583. The number of hydrogen-bond donors (Lipinski definition) is 10. The summed E-state index contributed by atoms with van der Waals surface area (Å²) < 4.78 is 0. The fourth-order valence-electron chi connectivity index (χ4n) is 5.82. The maximum Gasteiger partial charge on any atom is 0.326 e. The molecule has 0 bridgehead atoms. The lowest BCUT2D eigenvalue weighted by atomic mass is 9.99. The van der Waals surface area contributed by atoms with Gasteiger partial charge in [-0.25, -0.2) is 4.79 Å². The van der Waals surface area contributed by atoms with Crippen molar-refractivity contribution in [2.24, 2.45) is 29.4 Å². The maximum atomic E-state index is 13.4. The topological polar surface area (TPSA) is 296 Å². The van der Waals surface area contributed by atoms with E-state index in [1.165, 1.54) is 13.8 Å². The summed E-state index contributed by atoms with van der Waals surface area (Å²) in [5.41, 5.74) is 6.57. The minimum absolute atomic E-state index is 0.0246. The van der Waals surface area contributed by atoms with Gasteiger partial charge in [-0.3, -0.25) is 38.4 Å². The Bertz CT molecular complexity index is 1640. The van der Waals surface area contributed by atoms with E-state index in [1.54, 1.807) is 58.0 Å². The van der Waals surface area contributed by atoms with Gasteiger partial charge >= 0.3 is 5.97 Å². The molecule has 60 heavy (non-hydrogen) atoms. The second-order valence-corrected chi connectivity index (χ2v) is 16.5. The summed E-state index contributed by atoms with van der Waals surface area (Å²) in [6, 6.07) is 1.18. The summed E-state index contributed by atoms with van der Waals surface area (Å²) >= 11 is 0. The van der Waals surface area contributed by atoms with Crippen molar-refractivity contribution in [2.45, 2.75) is 131 Å². The predicted molar refractivity (Wildman–Crippen MR) is 223 cm³/mol. The van der Waals surface area contributed by atoms with Gasteiger partial charge in [-0.2, -0.15) is 0 Å². The van der Waals surface area contributed by atoms with Gasteiger partial charge in [0.2, 0.25) is 47.3 Å². The van der Waals surface area contributed by atoms with Crippen LogP contribution in [0.1, 0.15) is 87.6 Å². The van der Waals surface area contributed by atoms with E-state index in [0.717, 1.165) is 0 Å². The van der Waals surface area contributed by atoms with E-state index in [-0.39, 0.29) is 24.7 Å². The molecule has 19 heteroatoms. The van der Waals surface area contributed by atoms with Gasteiger partial charge in [-0.15, -0.1) is 0 Å². The van der Waals surface area contributed by atoms with Gasteiger partial charge in [0, 0.05) is 6.42 Å². The van der Waals surface area contributed by atoms with E-state index in [4.69, 9.17) is 5.73 Å². The molecule has 8 amide bonds. The van der Waals surface area contributed by atoms with Gasteiger partial charge in [-0.1, -0.05) is 85.7 Å². The second kappa shape index (κ2) is 25.8. The van der Waals surface area contributed by atoms with Crippen LogP contribution < -0.4 is 48.3 Å². The first kappa shape index (κ1) is 52.4. The van der Waals surface area contributed by atoms with Crippen LogP contribution in [-0.4, -0.2) is 114 Å². The summed E-state index contributed by atoms with van der Waals surface area (Å²) in [5, 5.41) is 29.8. The van der Waals surface area contributed by atoms with Gasteiger partial charge in [0.1, 0.15) is 36.3 Å². The molecule has 0 saturated heterocycles. The third kappa shape index (κ3) is 19.4. The number of carboxylic acids is 1. The average Bonchev–Trinajstić information content (AvgIpc) is 3.15. The Kier molecular flexibility index (Phi) is 22.5. The molecule has 0 heterocycles. The largest absolute Gasteiger partial charge is 0.480 e. The molecule has 1 aromatic carbocycles. The summed E-state index contributed by atoms with van der Waals surface area (Å²) in [4.78, 5) is 115. The molecule has 336 valence electrons. The van der Waals surface area contributed by atoms with Crippen LogP contribution >= 0.6 is 0 Å². The average molecular weight is 846 g/mol. The van der Waals surface area contributed by atoms with Crippen molar-refractivity contribution in [1.82, 2.24) is 42.5 Å². The van der Waals surface area contributed by atoms with Gasteiger partial charge in [0.15, 0.2) is 0 Å². The van der Waals surface area contributed by atoms with Crippen molar-refractivity contribution < 1.29 is 48.3 Å². The van der Waals surface area contributed by atoms with Crippen LogP contribution in [0.4, 0.5) is 0 Å². The number of benzene rings is 1. The monoisotopic (exact) mass is 846 g/mol. The first-order chi connectivity index (χ1) is 27.9. The van der Waals surface area contributed by atoms with E-state index >= 15 is 0 Å². The fourth-order valence-corrected chi connectivity index (χ4v) is 5.82. The Balaban J connectivity index is 2.80. The number of carbonyl (C=O) groups excluding carboxylic acids is 8. The van der Waals surface area contributed by atoms with Crippen molar-refractivity contribution >= 4 is 53.2 Å². The molecule has 0 aliphatic carbocycles. The summed E-state index contributed by atoms with van der Waals surface area (Å²) in [6.07, 6.45) is 0.618. The number of carbonyl (C=O) groups is 9. The van der Waals surface area contributed by atoms with Crippen LogP contribution in [0.3, 0.4) is 0 Å². The van der Waals surface area contributed by atoms with Crippen LogP contribution in [-0.2, 0) is 49.6 Å². The molecule has 0 aliphatic rings. The lowest BCUT2D eigenvalue weighted by Crippen LogP contribution is -2.58. The van der Waals surface area contributed by atoms with Crippen molar-refractivity contribution in [3.63, 3.8) is 0 Å². The van der Waals surface area contributed by atoms with Crippen LogP contribution in [0.5, 0.6) is 0 Å². The molecule has 1 aromatic rings. The Hall–Kier alpha value is -5.59. The second-order valence-electron chi connectivity index (χ2n) is 16.5. The highest BCUT2D eigenvalue weighted by Gasteiger charge is 2.32. The minimum Gasteiger partial charge on any atom is -0.480 e. The van der Waals surface area contributed by atoms with Gasteiger partial charge in [0.25, 0.3) is 0 Å². The van der Waals surface area contributed by atoms with Crippen LogP contribution in [0, 0.1) is 23.7 Å². The number of amides is 8. The molecular formula is C41H67N9O10. The maximum absolute atomic E-state index is 13.4. The SMILES string of the molecule is CC(C)CC(N)C(=O)NC(C)C(=O)NCC(=O)NC(C(=O)NC(CC(C)C)C(=O)NC(C)C(=O)NCC(=O)NC(C(=O)NC(Cc1ccccc1)C(=O)O)C(C)C)C(C)C. The summed E-state index contributed by atoms with van der Waals surface area (Å²) in [7, 11) is 0. The van der Waals surface area contributed by atoms with Crippen LogP contribution in [0.25, 0.3) is 0 Å². The molecule has 19 nitrogen and oxygen atoms in total. The molecule has 1 rings (SSSR count). The van der Waals surface area contributed by atoms with Crippen molar-refractivity contribution in [2.75, 3.05) is 13.1 Å². The Morgan fingerprint density at radius 3 is 1.33 bits per heavy atom. The third-order valence-corrected chi connectivity index (χ3v) is 9.18. The molecular weight excluding hydrogens is 779 g/mol. The molecule has 0 aromatic heterocycles. The first-order valence-electron chi connectivity index (χ1n) is 20.3. The Labute approximate surface area is 352 Å². The van der Waals surface area contributed by atoms with Crippen molar-refractivity contribution in [1.29, 1.82) is 0 Å². The zero-order valence-corrected chi connectivity index (χ0v) is 36.5. The van der Waals surface area contributed by atoms with E-state index in [2.05, 4.69) is 42.5 Å². The highest BCUT2D eigenvalue weighted by Crippen LogP contribution is 2.10. The molecule has 11 N–H and O–H groups in total. The first-order valence-corrected chi connectivity index (χ1v) is 20.3. The molecule has 0 fully saturated rings. The highest BCUT2D eigenvalue weighted by atomic mass is 16.4. The van der Waals surface area contributed by atoms with E-state index in [1.807, 2.05) is 27.7 Å². The van der Waals surface area contributed by atoms with E-state index in [9.17, 15) is 48.3 Å². The molecule has 0 radical (unpaired) electrons. The normalized spacial score (nSPS) is 14.7. The zero-order chi connectivity index (χ0) is 45.9. The van der Waals surface area contributed by atoms with Crippen molar-refractivity contribution in [3.8, 4) is 0 Å². The molecule has 7 unspecified atom stereocenters. The minimum atomic E-state index is -1.25. The van der Waals surface area contributed by atoms with Crippen molar-refractivity contribution in [3.05, 3.63) is 35.9 Å². The third-order valence-electron chi connectivity index (χ3n) is 9.18. The van der Waals surface area contributed by atoms with Gasteiger partial charge in [-0.05, 0) is 55.9 Å². The van der Waals surface area contributed by atoms with E-state index in [0.29, 0.717) is 12.0 Å². The molecule has 0 saturated carbocycles. The van der Waals surface area contributed by atoms with Crippen LogP contribution in [0.2, 0.25) is 0 Å². The van der Waals surface area contributed by atoms with Gasteiger partial charge in [0.05, 0.1) is 19.1 Å². The van der Waals surface area contributed by atoms with Gasteiger partial charge < -0.3 is 53.4 Å². The fraction of sp³-hybridized carbons (Fsp3) is 0.634. The number of nitrogens with one attached hydrogen (secondary N) is 8. The molecule has 0 aliphatic heterocycles. The van der Waals surface area contributed by atoms with Crippen LogP contribution in [0.15, 0.2) is 30.3 Å². The standard InChI is InChI=1S/C41H67N9O10/c1-21(2)16-28(42)37(55)45-25(9)35(53)43-19-31(51)49-33(23(5)6)39(57)47-29(17-22(3)4)38(56)46-26(10)36(54)44-20-32(52)50-34(24(7)8)40(58)48-30(41(59)60)18-27-14-12-11-13-15-27/h11-15,21-26,28-30,33-34H,16-20,42H2,1-10H3,(H,43,53)(H,44,54)(H,45,55)(H,46,56)(H,47,57)(H,48,58)(H,49,51)(H,50,52)(H,59,60). The number of nitrogens with two attached hydrogens (primary N) is 1. The molecule has 0 spiro atoms. The lowest BCUT2D eigenvalue weighted by molar-refractivity contribution is -0.142. The number of hydrogen-bond acceptors (Lipinski definition) is 10. The summed E-state index contributed by atoms with van der Waals surface area (Å²) in [5.74, 6) is -7.46. The lowest BCUT2D eigenvalue weighted by Gasteiger charge is -2.27. The number of carboxylic acid groups (broad SMARTS) is 1. The number of rotatable bonds is 25. The molecule has 7 atom stereocenters. The predicted octanol–water partition coefficient (Wildman–Crippen LogP) is -0.774.